The van der Waals surface area contributed by atoms with Crippen LogP contribution in [-0.4, -0.2) is 27.2 Å². The highest BCUT2D eigenvalue weighted by Gasteiger charge is 2.38. The number of nitrogens with zero attached hydrogens (tertiary/aromatic N) is 3. The van der Waals surface area contributed by atoms with Crippen LogP contribution in [0.2, 0.25) is 0 Å². The number of carboxylic acids is 1. The van der Waals surface area contributed by atoms with Crippen molar-refractivity contribution in [3.8, 4) is 0 Å². The van der Waals surface area contributed by atoms with E-state index in [1.165, 1.54) is 0 Å². The number of carboxylic acid groups (broad SMARTS) is 1. The van der Waals surface area contributed by atoms with Crippen LogP contribution in [0.1, 0.15) is 11.1 Å². The van der Waals surface area contributed by atoms with Gasteiger partial charge < -0.3 is 10.8 Å². The number of benzene rings is 2. The fraction of sp³-hybridized carbons (Fsp3) is 0.0455. The van der Waals surface area contributed by atoms with E-state index in [-0.39, 0.29) is 0 Å². The van der Waals surface area contributed by atoms with Gasteiger partial charge in [0, 0.05) is 17.6 Å². The standard InChI is InChI=1S/C20H18N4.C2HF3O2/c1-3-15-7-5-9-17(13-15)24(20-22-12-11-19(21)23-20)18-10-6-8-16(4-2)14-18;3-2(4,5)1(6)7/h3-14H,1-2H2,(H2,21,22,23);(H,6,7). The van der Waals surface area contributed by atoms with Gasteiger partial charge in [-0.3, -0.25) is 4.90 Å². The molecule has 31 heavy (non-hydrogen) atoms. The first kappa shape index (κ1) is 23.1. The van der Waals surface area contributed by atoms with Crippen LogP contribution in [0.3, 0.4) is 0 Å². The summed E-state index contributed by atoms with van der Waals surface area (Å²) in [4.78, 5) is 19.6. The summed E-state index contributed by atoms with van der Waals surface area (Å²) in [6.45, 7) is 7.67. The van der Waals surface area contributed by atoms with Crippen molar-refractivity contribution >= 4 is 41.3 Å². The molecule has 0 saturated carbocycles. The van der Waals surface area contributed by atoms with E-state index >= 15 is 0 Å². The molecule has 0 atom stereocenters. The number of anilines is 4. The first-order chi connectivity index (χ1) is 14.7. The number of aromatic nitrogens is 2. The first-order valence-corrected chi connectivity index (χ1v) is 8.79. The van der Waals surface area contributed by atoms with Gasteiger partial charge in [-0.05, 0) is 41.5 Å². The molecule has 160 valence electrons. The molecule has 3 rings (SSSR count). The fourth-order valence-corrected chi connectivity index (χ4v) is 2.43. The van der Waals surface area contributed by atoms with Gasteiger partial charge in [-0.2, -0.15) is 18.2 Å². The van der Waals surface area contributed by atoms with Gasteiger partial charge in [0.1, 0.15) is 5.82 Å². The Morgan fingerprint density at radius 2 is 1.48 bits per heavy atom. The molecule has 0 aliphatic carbocycles. The summed E-state index contributed by atoms with van der Waals surface area (Å²) in [6, 6.07) is 17.7. The quantitative estimate of drug-likeness (QED) is 0.562. The summed E-state index contributed by atoms with van der Waals surface area (Å²) in [5.74, 6) is -1.82. The van der Waals surface area contributed by atoms with Crippen LogP contribution in [0.15, 0.2) is 74.0 Å². The third kappa shape index (κ3) is 6.43. The molecule has 0 aliphatic rings. The van der Waals surface area contributed by atoms with E-state index in [2.05, 4.69) is 23.1 Å². The molecule has 0 bridgehead atoms. The van der Waals surface area contributed by atoms with Crippen molar-refractivity contribution in [1.82, 2.24) is 9.97 Å². The Balaban J connectivity index is 0.000000423. The van der Waals surface area contributed by atoms with E-state index in [0.29, 0.717) is 11.8 Å². The zero-order valence-corrected chi connectivity index (χ0v) is 16.3. The zero-order chi connectivity index (χ0) is 23.0. The average Bonchev–Trinajstić information content (AvgIpc) is 2.74. The molecule has 1 aromatic heterocycles. The Kier molecular flexibility index (Phi) is 7.51. The van der Waals surface area contributed by atoms with Crippen LogP contribution in [0.5, 0.6) is 0 Å². The SMILES string of the molecule is C=Cc1cccc(N(c2cccc(C=C)c2)c2nccc(N)n2)c1.O=C(O)C(F)(F)F. The van der Waals surface area contributed by atoms with E-state index in [0.717, 1.165) is 22.5 Å². The summed E-state index contributed by atoms with van der Waals surface area (Å²) >= 11 is 0. The van der Waals surface area contributed by atoms with Gasteiger partial charge in [0.25, 0.3) is 0 Å². The molecule has 0 fully saturated rings. The van der Waals surface area contributed by atoms with Gasteiger partial charge in [0.15, 0.2) is 0 Å². The monoisotopic (exact) mass is 428 g/mol. The van der Waals surface area contributed by atoms with E-state index in [4.69, 9.17) is 15.6 Å². The van der Waals surface area contributed by atoms with Crippen LogP contribution < -0.4 is 10.6 Å². The molecular formula is C22H19F3N4O2. The maximum atomic E-state index is 10.6. The lowest BCUT2D eigenvalue weighted by Crippen LogP contribution is -2.21. The van der Waals surface area contributed by atoms with Crippen molar-refractivity contribution in [3.63, 3.8) is 0 Å². The van der Waals surface area contributed by atoms with E-state index in [1.807, 2.05) is 65.6 Å². The molecule has 0 saturated heterocycles. The lowest BCUT2D eigenvalue weighted by atomic mass is 10.1. The third-order valence-corrected chi connectivity index (χ3v) is 3.84. The van der Waals surface area contributed by atoms with Gasteiger partial charge in [0.2, 0.25) is 5.95 Å². The van der Waals surface area contributed by atoms with Gasteiger partial charge in [-0.1, -0.05) is 49.6 Å². The largest absolute Gasteiger partial charge is 0.490 e. The predicted octanol–water partition coefficient (Wildman–Crippen LogP) is 5.45. The summed E-state index contributed by atoms with van der Waals surface area (Å²) in [5.41, 5.74) is 9.74. The minimum atomic E-state index is -5.08. The molecule has 0 aliphatic heterocycles. The highest BCUT2D eigenvalue weighted by Crippen LogP contribution is 2.33. The van der Waals surface area contributed by atoms with Gasteiger partial charge in [-0.25, -0.2) is 9.78 Å². The molecular weight excluding hydrogens is 409 g/mol. The second-order valence-electron chi connectivity index (χ2n) is 6.02. The molecule has 1 heterocycles. The Morgan fingerprint density at radius 3 is 1.87 bits per heavy atom. The number of aliphatic carboxylic acids is 1. The number of rotatable bonds is 5. The number of hydrogen-bond donors (Lipinski definition) is 2. The van der Waals surface area contributed by atoms with Crippen molar-refractivity contribution in [2.24, 2.45) is 0 Å². The van der Waals surface area contributed by atoms with E-state index in [1.54, 1.807) is 12.3 Å². The molecule has 0 amide bonds. The summed E-state index contributed by atoms with van der Waals surface area (Å²) in [7, 11) is 0. The maximum absolute atomic E-state index is 10.6. The van der Waals surface area contributed by atoms with Crippen LogP contribution in [-0.2, 0) is 4.79 Å². The summed E-state index contributed by atoms with van der Waals surface area (Å²) < 4.78 is 31.7. The van der Waals surface area contributed by atoms with Crippen LogP contribution in [0, 0.1) is 0 Å². The summed E-state index contributed by atoms with van der Waals surface area (Å²) in [5, 5.41) is 7.12. The number of nitrogen functional groups attached to an aromatic ring is 1. The zero-order valence-electron chi connectivity index (χ0n) is 16.3. The van der Waals surface area contributed by atoms with Crippen LogP contribution >= 0.6 is 0 Å². The van der Waals surface area contributed by atoms with E-state index in [9.17, 15) is 13.2 Å². The topological polar surface area (TPSA) is 92.3 Å². The van der Waals surface area contributed by atoms with E-state index < -0.39 is 12.1 Å². The van der Waals surface area contributed by atoms with Crippen molar-refractivity contribution < 1.29 is 23.1 Å². The second kappa shape index (κ2) is 10.1. The van der Waals surface area contributed by atoms with Crippen molar-refractivity contribution in [3.05, 3.63) is 85.1 Å². The van der Waals surface area contributed by atoms with Crippen molar-refractivity contribution in [2.45, 2.75) is 6.18 Å². The predicted molar refractivity (Wildman–Crippen MR) is 115 cm³/mol. The number of alkyl halides is 3. The molecule has 3 N–H and O–H groups in total. The minimum Gasteiger partial charge on any atom is -0.475 e. The van der Waals surface area contributed by atoms with Crippen LogP contribution in [0.4, 0.5) is 36.3 Å². The van der Waals surface area contributed by atoms with Gasteiger partial charge in [-0.15, -0.1) is 0 Å². The number of halogens is 3. The Labute approximate surface area is 176 Å². The molecule has 9 heteroatoms. The average molecular weight is 428 g/mol. The van der Waals surface area contributed by atoms with Gasteiger partial charge >= 0.3 is 12.1 Å². The highest BCUT2D eigenvalue weighted by molar-refractivity contribution is 5.76. The summed E-state index contributed by atoms with van der Waals surface area (Å²) in [6.07, 6.45) is 0.184. The van der Waals surface area contributed by atoms with Crippen molar-refractivity contribution in [1.29, 1.82) is 0 Å². The Morgan fingerprint density at radius 1 is 1.00 bits per heavy atom. The maximum Gasteiger partial charge on any atom is 0.490 e. The minimum absolute atomic E-state index is 0.421. The normalized spacial score (nSPS) is 10.4. The van der Waals surface area contributed by atoms with Crippen molar-refractivity contribution in [2.75, 3.05) is 10.6 Å². The molecule has 6 nitrogen and oxygen atoms in total. The Hall–Kier alpha value is -4.14. The molecule has 3 aromatic rings. The lowest BCUT2D eigenvalue weighted by molar-refractivity contribution is -0.192. The smallest absolute Gasteiger partial charge is 0.475 e. The number of hydrogen-bond acceptors (Lipinski definition) is 5. The number of carbonyl (C=O) groups is 1. The molecule has 0 radical (unpaired) electrons. The molecule has 0 spiro atoms. The number of nitrogens with two attached hydrogens (primary N) is 1. The third-order valence-electron chi connectivity index (χ3n) is 3.84. The fourth-order valence-electron chi connectivity index (χ4n) is 2.43. The first-order valence-electron chi connectivity index (χ1n) is 8.79. The molecule has 0 unspecified atom stereocenters. The molecule has 2 aromatic carbocycles. The van der Waals surface area contributed by atoms with Crippen LogP contribution in [0.25, 0.3) is 12.2 Å². The lowest BCUT2D eigenvalue weighted by Gasteiger charge is -2.23. The second-order valence-corrected chi connectivity index (χ2v) is 6.02. The highest BCUT2D eigenvalue weighted by atomic mass is 19.4. The Bertz CT molecular complexity index is 1030. The van der Waals surface area contributed by atoms with Gasteiger partial charge in [0.05, 0.1) is 0 Å².